The Morgan fingerprint density at radius 3 is 3.00 bits per heavy atom. The van der Waals surface area contributed by atoms with E-state index in [1.807, 2.05) is 13.0 Å². The van der Waals surface area contributed by atoms with Gasteiger partial charge < -0.3 is 15.4 Å². The first-order valence-electron chi connectivity index (χ1n) is 5.70. The Kier molecular flexibility index (Phi) is 3.59. The zero-order valence-electron chi connectivity index (χ0n) is 9.53. The van der Waals surface area contributed by atoms with Gasteiger partial charge in [-0.3, -0.25) is 0 Å². The lowest BCUT2D eigenvalue weighted by Crippen LogP contribution is -2.30. The summed E-state index contributed by atoms with van der Waals surface area (Å²) in [6.45, 7) is 3.06. The van der Waals surface area contributed by atoms with Crippen LogP contribution in [0.1, 0.15) is 12.5 Å². The number of aliphatic hydroxyl groups excluding tert-OH is 1. The van der Waals surface area contributed by atoms with Crippen LogP contribution in [-0.4, -0.2) is 29.3 Å². The number of aliphatic hydroxyl groups is 1. The summed E-state index contributed by atoms with van der Waals surface area (Å²) < 4.78 is 0. The molecule has 3 N–H and O–H groups in total. The van der Waals surface area contributed by atoms with Crippen LogP contribution in [-0.2, 0) is 6.42 Å². The van der Waals surface area contributed by atoms with Crippen molar-refractivity contribution in [2.75, 3.05) is 13.2 Å². The molecule has 16 heavy (non-hydrogen) atoms. The monoisotopic (exact) mass is 218 g/mol. The summed E-state index contributed by atoms with van der Waals surface area (Å²) in [6.07, 6.45) is 3.05. The van der Waals surface area contributed by atoms with Gasteiger partial charge in [-0.25, -0.2) is 0 Å². The minimum atomic E-state index is 0.171. The highest BCUT2D eigenvalue weighted by atomic mass is 16.3. The van der Waals surface area contributed by atoms with Crippen molar-refractivity contribution in [1.29, 1.82) is 0 Å². The number of H-pyrrole nitrogens is 1. The van der Waals surface area contributed by atoms with E-state index in [4.69, 9.17) is 5.11 Å². The number of benzene rings is 1. The van der Waals surface area contributed by atoms with Gasteiger partial charge in [-0.1, -0.05) is 18.2 Å². The van der Waals surface area contributed by atoms with Crippen LogP contribution in [0, 0.1) is 0 Å². The van der Waals surface area contributed by atoms with Crippen LogP contribution in [0.4, 0.5) is 0 Å². The predicted molar refractivity (Wildman–Crippen MR) is 66.6 cm³/mol. The molecular formula is C13H18N2O. The van der Waals surface area contributed by atoms with Gasteiger partial charge in [-0.15, -0.1) is 0 Å². The molecule has 1 aromatic carbocycles. The molecule has 0 spiro atoms. The van der Waals surface area contributed by atoms with Crippen molar-refractivity contribution < 1.29 is 5.11 Å². The molecule has 1 heterocycles. The first kappa shape index (κ1) is 11.2. The summed E-state index contributed by atoms with van der Waals surface area (Å²) >= 11 is 0. The first-order valence-corrected chi connectivity index (χ1v) is 5.70. The number of rotatable bonds is 5. The Morgan fingerprint density at radius 1 is 1.38 bits per heavy atom. The van der Waals surface area contributed by atoms with E-state index in [2.05, 4.69) is 34.7 Å². The molecule has 0 aliphatic rings. The van der Waals surface area contributed by atoms with Gasteiger partial charge in [-0.05, 0) is 31.5 Å². The van der Waals surface area contributed by atoms with E-state index in [9.17, 15) is 0 Å². The smallest absolute Gasteiger partial charge is 0.0581 e. The summed E-state index contributed by atoms with van der Waals surface area (Å²) in [6, 6.07) is 8.49. The Labute approximate surface area is 95.5 Å². The van der Waals surface area contributed by atoms with Gasteiger partial charge in [-0.2, -0.15) is 0 Å². The number of hydrogen-bond donors (Lipinski definition) is 3. The number of nitrogens with one attached hydrogen (secondary N) is 2. The van der Waals surface area contributed by atoms with Crippen LogP contribution in [0.2, 0.25) is 0 Å². The largest absolute Gasteiger partial charge is 0.395 e. The number of aromatic nitrogens is 1. The van der Waals surface area contributed by atoms with Gasteiger partial charge in [0.15, 0.2) is 0 Å². The van der Waals surface area contributed by atoms with Crippen molar-refractivity contribution in [1.82, 2.24) is 10.3 Å². The summed E-state index contributed by atoms with van der Waals surface area (Å²) in [5.74, 6) is 0. The molecule has 3 heteroatoms. The zero-order chi connectivity index (χ0) is 11.4. The second-order valence-corrected chi connectivity index (χ2v) is 4.15. The van der Waals surface area contributed by atoms with Crippen molar-refractivity contribution >= 4 is 10.9 Å². The summed E-state index contributed by atoms with van der Waals surface area (Å²) in [4.78, 5) is 3.26. The first-order chi connectivity index (χ1) is 7.81. The lowest BCUT2D eigenvalue weighted by atomic mass is 10.1. The summed E-state index contributed by atoms with van der Waals surface area (Å²) in [5, 5.41) is 13.5. The van der Waals surface area contributed by atoms with E-state index in [1.165, 1.54) is 16.5 Å². The fourth-order valence-corrected chi connectivity index (χ4v) is 1.86. The molecule has 0 aliphatic heterocycles. The van der Waals surface area contributed by atoms with Gasteiger partial charge >= 0.3 is 0 Å². The molecule has 1 unspecified atom stereocenters. The van der Waals surface area contributed by atoms with Crippen LogP contribution in [0.5, 0.6) is 0 Å². The van der Waals surface area contributed by atoms with E-state index >= 15 is 0 Å². The molecule has 2 aromatic rings. The maximum Gasteiger partial charge on any atom is 0.0581 e. The van der Waals surface area contributed by atoms with E-state index in [0.29, 0.717) is 0 Å². The molecule has 0 aliphatic carbocycles. The van der Waals surface area contributed by atoms with Gasteiger partial charge in [0.2, 0.25) is 0 Å². The van der Waals surface area contributed by atoms with Crippen LogP contribution in [0.15, 0.2) is 30.5 Å². The number of aromatic amines is 1. The number of fused-ring (bicyclic) bond motifs is 1. The molecule has 3 nitrogen and oxygen atoms in total. The standard InChI is InChI=1S/C13H18N2O/c1-10(9-16)14-7-6-11-8-15-13-5-3-2-4-12(11)13/h2-5,8,10,14-16H,6-7,9H2,1H3. The van der Waals surface area contributed by atoms with Crippen molar-refractivity contribution in [3.05, 3.63) is 36.0 Å². The molecule has 0 fully saturated rings. The van der Waals surface area contributed by atoms with Gasteiger partial charge in [0.1, 0.15) is 0 Å². The normalized spacial score (nSPS) is 13.1. The van der Waals surface area contributed by atoms with E-state index < -0.39 is 0 Å². The molecule has 2 rings (SSSR count). The highest BCUT2D eigenvalue weighted by Gasteiger charge is 2.03. The van der Waals surface area contributed by atoms with Crippen LogP contribution >= 0.6 is 0 Å². The van der Waals surface area contributed by atoms with Crippen LogP contribution in [0.25, 0.3) is 10.9 Å². The maximum absolute atomic E-state index is 8.90. The average Bonchev–Trinajstić information content (AvgIpc) is 2.73. The molecule has 0 bridgehead atoms. The number of hydrogen-bond acceptors (Lipinski definition) is 2. The molecule has 86 valence electrons. The Bertz CT molecular complexity index is 450. The Balaban J connectivity index is 1.99. The topological polar surface area (TPSA) is 48.0 Å². The highest BCUT2D eigenvalue weighted by Crippen LogP contribution is 2.17. The van der Waals surface area contributed by atoms with Gasteiger partial charge in [0, 0.05) is 23.1 Å². The van der Waals surface area contributed by atoms with Gasteiger partial charge in [0.05, 0.1) is 6.61 Å². The lowest BCUT2D eigenvalue weighted by Gasteiger charge is -2.09. The molecular weight excluding hydrogens is 200 g/mol. The Morgan fingerprint density at radius 2 is 2.19 bits per heavy atom. The molecule has 1 aromatic heterocycles. The average molecular weight is 218 g/mol. The van der Waals surface area contributed by atoms with Crippen LogP contribution < -0.4 is 5.32 Å². The van der Waals surface area contributed by atoms with E-state index in [0.717, 1.165) is 13.0 Å². The number of para-hydroxylation sites is 1. The second-order valence-electron chi connectivity index (χ2n) is 4.15. The van der Waals surface area contributed by atoms with Gasteiger partial charge in [0.25, 0.3) is 0 Å². The maximum atomic E-state index is 8.90. The van der Waals surface area contributed by atoms with E-state index in [1.54, 1.807) is 0 Å². The SMILES string of the molecule is CC(CO)NCCc1c[nH]c2ccccc12. The highest BCUT2D eigenvalue weighted by molar-refractivity contribution is 5.83. The van der Waals surface area contributed by atoms with Crippen LogP contribution in [0.3, 0.4) is 0 Å². The minimum absolute atomic E-state index is 0.171. The third-order valence-electron chi connectivity index (χ3n) is 2.84. The predicted octanol–water partition coefficient (Wildman–Crippen LogP) is 1.68. The summed E-state index contributed by atoms with van der Waals surface area (Å²) in [5.41, 5.74) is 2.51. The quantitative estimate of drug-likeness (QED) is 0.715. The molecule has 0 amide bonds. The fraction of sp³-hybridized carbons (Fsp3) is 0.385. The second kappa shape index (κ2) is 5.14. The van der Waals surface area contributed by atoms with Crippen molar-refractivity contribution in [3.8, 4) is 0 Å². The molecule has 0 saturated carbocycles. The lowest BCUT2D eigenvalue weighted by molar-refractivity contribution is 0.252. The Hall–Kier alpha value is -1.32. The minimum Gasteiger partial charge on any atom is -0.395 e. The molecule has 0 radical (unpaired) electrons. The summed E-state index contributed by atoms with van der Waals surface area (Å²) in [7, 11) is 0. The zero-order valence-corrected chi connectivity index (χ0v) is 9.53. The third kappa shape index (κ3) is 2.43. The van der Waals surface area contributed by atoms with Crippen molar-refractivity contribution in [2.45, 2.75) is 19.4 Å². The third-order valence-corrected chi connectivity index (χ3v) is 2.84. The molecule has 0 saturated heterocycles. The van der Waals surface area contributed by atoms with Crippen molar-refractivity contribution in [3.63, 3.8) is 0 Å². The van der Waals surface area contributed by atoms with Crippen molar-refractivity contribution in [2.24, 2.45) is 0 Å². The fourth-order valence-electron chi connectivity index (χ4n) is 1.86. The van der Waals surface area contributed by atoms with E-state index in [-0.39, 0.29) is 12.6 Å². The molecule has 1 atom stereocenters.